The molecule has 0 aromatic heterocycles. The van der Waals surface area contributed by atoms with E-state index in [4.69, 9.17) is 16.3 Å². The summed E-state index contributed by atoms with van der Waals surface area (Å²) < 4.78 is 5.56. The zero-order chi connectivity index (χ0) is 9.80. The third kappa shape index (κ3) is 1.95. The Labute approximate surface area is 89.2 Å². The molecule has 0 radical (unpaired) electrons. The predicted octanol–water partition coefficient (Wildman–Crippen LogP) is 2.66. The number of nitrogens with one attached hydrogen (secondary N) is 1. The zero-order valence-corrected chi connectivity index (χ0v) is 8.81. The van der Waals surface area contributed by atoms with E-state index < -0.39 is 0 Å². The molecule has 14 heavy (non-hydrogen) atoms. The van der Waals surface area contributed by atoms with Gasteiger partial charge in [0.05, 0.1) is 11.6 Å². The van der Waals surface area contributed by atoms with Gasteiger partial charge in [-0.2, -0.15) is 0 Å². The van der Waals surface area contributed by atoms with E-state index >= 15 is 0 Å². The van der Waals surface area contributed by atoms with Crippen LogP contribution in [0.5, 0.6) is 5.75 Å². The summed E-state index contributed by atoms with van der Waals surface area (Å²) in [7, 11) is 0. The van der Waals surface area contributed by atoms with Crippen molar-refractivity contribution >= 4 is 17.3 Å². The van der Waals surface area contributed by atoms with Gasteiger partial charge in [0.25, 0.3) is 0 Å². The molecule has 1 heterocycles. The molecule has 76 valence electrons. The molecule has 1 aromatic rings. The van der Waals surface area contributed by atoms with Crippen LogP contribution in [0.25, 0.3) is 0 Å². The Bertz CT molecular complexity index is 314. The number of rotatable bonds is 3. The van der Waals surface area contributed by atoms with Gasteiger partial charge in [0.1, 0.15) is 12.4 Å². The van der Waals surface area contributed by atoms with E-state index in [1.54, 1.807) is 0 Å². The summed E-state index contributed by atoms with van der Waals surface area (Å²) in [6, 6.07) is 6.17. The second kappa shape index (κ2) is 4.56. The normalized spacial score (nSPS) is 14.4. The molecule has 1 N–H and O–H groups in total. The Morgan fingerprint density at radius 2 is 2.36 bits per heavy atom. The van der Waals surface area contributed by atoms with Gasteiger partial charge in [0.2, 0.25) is 0 Å². The molecule has 2 rings (SSSR count). The second-order valence-electron chi connectivity index (χ2n) is 3.36. The maximum Gasteiger partial charge on any atom is 0.142 e. The van der Waals surface area contributed by atoms with Crippen LogP contribution in [0.15, 0.2) is 18.2 Å². The van der Waals surface area contributed by atoms with Gasteiger partial charge in [-0.15, -0.1) is 11.6 Å². The summed E-state index contributed by atoms with van der Waals surface area (Å²) in [4.78, 5) is 0. The van der Waals surface area contributed by atoms with E-state index in [0.717, 1.165) is 24.4 Å². The van der Waals surface area contributed by atoms with Crippen molar-refractivity contribution < 1.29 is 4.74 Å². The van der Waals surface area contributed by atoms with E-state index in [-0.39, 0.29) is 0 Å². The van der Waals surface area contributed by atoms with Crippen LogP contribution in [-0.2, 0) is 6.42 Å². The highest BCUT2D eigenvalue weighted by atomic mass is 35.5. The Kier molecular flexibility index (Phi) is 3.14. The molecule has 0 bridgehead atoms. The molecule has 3 heteroatoms. The van der Waals surface area contributed by atoms with Gasteiger partial charge >= 0.3 is 0 Å². The number of anilines is 1. The van der Waals surface area contributed by atoms with E-state index in [9.17, 15) is 0 Å². The number of fused-ring (bicyclic) bond motifs is 1. The molecule has 1 aliphatic heterocycles. The summed E-state index contributed by atoms with van der Waals surface area (Å²) in [5.74, 6) is 1.46. The fourth-order valence-electron chi connectivity index (χ4n) is 1.75. The van der Waals surface area contributed by atoms with Gasteiger partial charge in [-0.05, 0) is 24.5 Å². The highest BCUT2D eigenvalue weighted by molar-refractivity contribution is 6.18. The van der Waals surface area contributed by atoms with E-state index in [2.05, 4.69) is 11.4 Å². The lowest BCUT2D eigenvalue weighted by Crippen LogP contribution is -2.13. The van der Waals surface area contributed by atoms with Crippen molar-refractivity contribution in [2.24, 2.45) is 0 Å². The molecule has 0 atom stereocenters. The molecule has 0 amide bonds. The number of hydrogen-bond acceptors (Lipinski definition) is 2. The molecule has 0 saturated heterocycles. The minimum absolute atomic E-state index is 0.531. The van der Waals surface area contributed by atoms with Crippen LogP contribution in [0.2, 0.25) is 0 Å². The van der Waals surface area contributed by atoms with Crippen molar-refractivity contribution in [3.63, 3.8) is 0 Å². The van der Waals surface area contributed by atoms with Crippen LogP contribution in [0.3, 0.4) is 0 Å². The van der Waals surface area contributed by atoms with E-state index in [0.29, 0.717) is 12.5 Å². The number of benzene rings is 1. The molecule has 0 spiro atoms. The largest absolute Gasteiger partial charge is 0.490 e. The van der Waals surface area contributed by atoms with Crippen molar-refractivity contribution in [2.45, 2.75) is 12.8 Å². The van der Waals surface area contributed by atoms with Crippen LogP contribution in [0, 0.1) is 0 Å². The molecule has 1 aromatic carbocycles. The Hall–Kier alpha value is -0.890. The monoisotopic (exact) mass is 211 g/mol. The van der Waals surface area contributed by atoms with Crippen molar-refractivity contribution in [3.8, 4) is 5.75 Å². The third-order valence-electron chi connectivity index (χ3n) is 2.37. The maximum atomic E-state index is 5.59. The number of para-hydroxylation sites is 1. The molecular formula is C11H14ClNO. The third-order valence-corrected chi connectivity index (χ3v) is 2.53. The van der Waals surface area contributed by atoms with Crippen molar-refractivity contribution in [1.82, 2.24) is 0 Å². The first-order valence-electron chi connectivity index (χ1n) is 4.96. The van der Waals surface area contributed by atoms with Crippen LogP contribution < -0.4 is 10.1 Å². The van der Waals surface area contributed by atoms with Gasteiger partial charge in [-0.1, -0.05) is 12.1 Å². The quantitative estimate of drug-likeness (QED) is 0.777. The smallest absolute Gasteiger partial charge is 0.142 e. The number of alkyl halides is 1. The van der Waals surface area contributed by atoms with E-state index in [1.807, 2.05) is 12.1 Å². The summed E-state index contributed by atoms with van der Waals surface area (Å²) in [6.45, 7) is 1.61. The molecule has 0 aliphatic carbocycles. The molecular weight excluding hydrogens is 198 g/mol. The van der Waals surface area contributed by atoms with Gasteiger partial charge in [0.15, 0.2) is 0 Å². The lowest BCUT2D eigenvalue weighted by molar-refractivity contribution is 0.343. The highest BCUT2D eigenvalue weighted by Crippen LogP contribution is 2.31. The fraction of sp³-hybridized carbons (Fsp3) is 0.455. The minimum Gasteiger partial charge on any atom is -0.490 e. The Balaban J connectivity index is 2.21. The summed E-state index contributed by atoms with van der Waals surface area (Å²) >= 11 is 5.59. The standard InChI is InChI=1S/C11H14ClNO/c12-6-8-14-10-5-1-3-9-4-2-7-13-11(9)10/h1,3,5,13H,2,4,6-8H2. The number of ether oxygens (including phenoxy) is 1. The van der Waals surface area contributed by atoms with Gasteiger partial charge in [-0.3, -0.25) is 0 Å². The lowest BCUT2D eigenvalue weighted by Gasteiger charge is -2.20. The summed E-state index contributed by atoms with van der Waals surface area (Å²) in [5, 5.41) is 3.37. The van der Waals surface area contributed by atoms with Gasteiger partial charge in [0, 0.05) is 6.54 Å². The minimum atomic E-state index is 0.531. The van der Waals surface area contributed by atoms with Crippen molar-refractivity contribution in [2.75, 3.05) is 24.3 Å². The van der Waals surface area contributed by atoms with Crippen LogP contribution in [0.1, 0.15) is 12.0 Å². The maximum absolute atomic E-state index is 5.59. The topological polar surface area (TPSA) is 21.3 Å². The summed E-state index contributed by atoms with van der Waals surface area (Å²) in [6.07, 6.45) is 2.34. The molecule has 0 unspecified atom stereocenters. The zero-order valence-electron chi connectivity index (χ0n) is 8.05. The first kappa shape index (κ1) is 9.66. The fourth-order valence-corrected chi connectivity index (χ4v) is 1.82. The average Bonchev–Trinajstić information content (AvgIpc) is 2.26. The van der Waals surface area contributed by atoms with Crippen LogP contribution >= 0.6 is 11.6 Å². The second-order valence-corrected chi connectivity index (χ2v) is 3.74. The number of halogens is 1. The lowest BCUT2D eigenvalue weighted by atomic mass is 10.0. The molecule has 0 fully saturated rings. The number of hydrogen-bond donors (Lipinski definition) is 1. The first-order valence-corrected chi connectivity index (χ1v) is 5.50. The summed E-state index contributed by atoms with van der Waals surface area (Å²) in [5.41, 5.74) is 2.51. The van der Waals surface area contributed by atoms with Gasteiger partial charge in [-0.25, -0.2) is 0 Å². The Morgan fingerprint density at radius 3 is 3.21 bits per heavy atom. The van der Waals surface area contributed by atoms with Crippen LogP contribution in [-0.4, -0.2) is 19.0 Å². The van der Waals surface area contributed by atoms with Crippen LogP contribution in [0.4, 0.5) is 5.69 Å². The van der Waals surface area contributed by atoms with Crippen molar-refractivity contribution in [3.05, 3.63) is 23.8 Å². The highest BCUT2D eigenvalue weighted by Gasteiger charge is 2.12. The van der Waals surface area contributed by atoms with E-state index in [1.165, 1.54) is 12.0 Å². The SMILES string of the molecule is ClCCOc1cccc2c1NCCC2. The first-order chi connectivity index (χ1) is 6.92. The van der Waals surface area contributed by atoms with Gasteiger partial charge < -0.3 is 10.1 Å². The Morgan fingerprint density at radius 1 is 1.43 bits per heavy atom. The molecule has 2 nitrogen and oxygen atoms in total. The van der Waals surface area contributed by atoms with Crippen molar-refractivity contribution in [1.29, 1.82) is 0 Å². The molecule has 0 saturated carbocycles. The average molecular weight is 212 g/mol. The predicted molar refractivity (Wildman–Crippen MR) is 59.5 cm³/mol. The number of aryl methyl sites for hydroxylation is 1. The molecule has 1 aliphatic rings.